The van der Waals surface area contributed by atoms with Crippen molar-refractivity contribution in [1.29, 1.82) is 0 Å². The fourth-order valence-electron chi connectivity index (χ4n) is 3.27. The number of hydrogen-bond donors (Lipinski definition) is 2. The maximum Gasteiger partial charge on any atom is 0.0643 e. The highest BCUT2D eigenvalue weighted by Gasteiger charge is 2.24. The van der Waals surface area contributed by atoms with Crippen molar-refractivity contribution in [2.45, 2.75) is 51.6 Å². The van der Waals surface area contributed by atoms with Gasteiger partial charge in [-0.15, -0.1) is 0 Å². The molecule has 0 aliphatic heterocycles. The molecule has 4 heteroatoms. The number of aliphatic hydroxyl groups is 1. The van der Waals surface area contributed by atoms with Gasteiger partial charge in [-0.25, -0.2) is 0 Å². The van der Waals surface area contributed by atoms with Gasteiger partial charge < -0.3 is 15.3 Å². The van der Waals surface area contributed by atoms with Crippen LogP contribution >= 0.6 is 11.6 Å². The first kappa shape index (κ1) is 16.6. The van der Waals surface area contributed by atoms with Gasteiger partial charge in [-0.05, 0) is 44.0 Å². The van der Waals surface area contributed by atoms with E-state index < -0.39 is 0 Å². The highest BCUT2D eigenvalue weighted by Crippen LogP contribution is 2.34. The highest BCUT2D eigenvalue weighted by molar-refractivity contribution is 6.33. The molecule has 3 nitrogen and oxygen atoms in total. The van der Waals surface area contributed by atoms with E-state index in [1.165, 1.54) is 31.2 Å². The Morgan fingerprint density at radius 3 is 2.67 bits per heavy atom. The van der Waals surface area contributed by atoms with E-state index in [1.54, 1.807) is 0 Å². The maximum atomic E-state index is 9.37. The summed E-state index contributed by atoms with van der Waals surface area (Å²) in [5, 5.41) is 13.6. The zero-order valence-electron chi connectivity index (χ0n) is 13.1. The summed E-state index contributed by atoms with van der Waals surface area (Å²) in [6.07, 6.45) is 4.96. The third-order valence-electron chi connectivity index (χ3n) is 4.40. The second kappa shape index (κ2) is 8.02. The molecule has 0 aromatic heterocycles. The molecule has 1 aromatic carbocycles. The molecule has 1 unspecified atom stereocenters. The van der Waals surface area contributed by atoms with E-state index in [1.807, 2.05) is 0 Å². The molecule has 0 heterocycles. The molecular formula is C17H27ClN2O. The zero-order valence-corrected chi connectivity index (χ0v) is 13.9. The van der Waals surface area contributed by atoms with Crippen LogP contribution in [0.25, 0.3) is 0 Å². The Hall–Kier alpha value is -0.770. The second-order valence-electron chi connectivity index (χ2n) is 5.85. The number of benzene rings is 1. The van der Waals surface area contributed by atoms with E-state index in [0.29, 0.717) is 18.6 Å². The van der Waals surface area contributed by atoms with Crippen LogP contribution in [-0.2, 0) is 0 Å². The van der Waals surface area contributed by atoms with Crippen molar-refractivity contribution in [3.05, 3.63) is 28.8 Å². The molecule has 0 amide bonds. The molecule has 0 saturated heterocycles. The third-order valence-corrected chi connectivity index (χ3v) is 4.70. The molecule has 0 spiro atoms. The summed E-state index contributed by atoms with van der Waals surface area (Å²) in [6.45, 7) is 6.03. The number of anilines is 1. The number of halogens is 1. The second-order valence-corrected chi connectivity index (χ2v) is 6.25. The van der Waals surface area contributed by atoms with Gasteiger partial charge in [0.15, 0.2) is 0 Å². The molecular weight excluding hydrogens is 284 g/mol. The molecule has 1 fully saturated rings. The Bertz CT molecular complexity index is 446. The van der Waals surface area contributed by atoms with Gasteiger partial charge >= 0.3 is 0 Å². The van der Waals surface area contributed by atoms with Gasteiger partial charge in [0, 0.05) is 18.6 Å². The number of nitrogens with one attached hydrogen (secondary N) is 1. The van der Waals surface area contributed by atoms with E-state index in [-0.39, 0.29) is 6.61 Å². The van der Waals surface area contributed by atoms with E-state index in [4.69, 9.17) is 11.6 Å². The standard InChI is InChI=1S/C17H27ClN2O/c1-3-19-13(2)14-8-9-17(16(18)12-14)20(10-11-21)15-6-4-5-7-15/h8-9,12-13,15,19,21H,3-7,10-11H2,1-2H3. The Morgan fingerprint density at radius 1 is 1.38 bits per heavy atom. The lowest BCUT2D eigenvalue weighted by molar-refractivity contribution is 0.297. The van der Waals surface area contributed by atoms with Gasteiger partial charge in [0.1, 0.15) is 0 Å². The van der Waals surface area contributed by atoms with Crippen molar-refractivity contribution >= 4 is 17.3 Å². The average molecular weight is 311 g/mol. The molecule has 0 bridgehead atoms. The average Bonchev–Trinajstić information content (AvgIpc) is 2.99. The fraction of sp³-hybridized carbons (Fsp3) is 0.647. The third kappa shape index (κ3) is 4.12. The minimum atomic E-state index is 0.169. The molecule has 118 valence electrons. The van der Waals surface area contributed by atoms with E-state index in [9.17, 15) is 5.11 Å². The van der Waals surface area contributed by atoms with Crippen molar-refractivity contribution in [2.24, 2.45) is 0 Å². The quantitative estimate of drug-likeness (QED) is 0.805. The van der Waals surface area contributed by atoms with Crippen molar-refractivity contribution < 1.29 is 5.11 Å². The lowest BCUT2D eigenvalue weighted by Gasteiger charge is -2.31. The van der Waals surface area contributed by atoms with Gasteiger partial charge in [0.25, 0.3) is 0 Å². The number of hydrogen-bond acceptors (Lipinski definition) is 3. The maximum absolute atomic E-state index is 9.37. The predicted molar refractivity (Wildman–Crippen MR) is 90.2 cm³/mol. The zero-order chi connectivity index (χ0) is 15.2. The highest BCUT2D eigenvalue weighted by atomic mass is 35.5. The van der Waals surface area contributed by atoms with Crippen LogP contribution in [0.1, 0.15) is 51.1 Å². The Labute approximate surface area is 133 Å². The monoisotopic (exact) mass is 310 g/mol. The van der Waals surface area contributed by atoms with Crippen LogP contribution in [0.3, 0.4) is 0 Å². The number of nitrogens with zero attached hydrogens (tertiary/aromatic N) is 1. The van der Waals surface area contributed by atoms with Gasteiger partial charge in [-0.3, -0.25) is 0 Å². The molecule has 1 aliphatic rings. The summed E-state index contributed by atoms with van der Waals surface area (Å²) in [7, 11) is 0. The summed E-state index contributed by atoms with van der Waals surface area (Å²) in [4.78, 5) is 2.29. The first-order valence-electron chi connectivity index (χ1n) is 8.07. The lowest BCUT2D eigenvalue weighted by atomic mass is 10.1. The van der Waals surface area contributed by atoms with Crippen LogP contribution in [-0.4, -0.2) is 30.8 Å². The van der Waals surface area contributed by atoms with Gasteiger partial charge in [-0.1, -0.05) is 37.4 Å². The first-order valence-corrected chi connectivity index (χ1v) is 8.45. The Kier molecular flexibility index (Phi) is 6.34. The topological polar surface area (TPSA) is 35.5 Å². The first-order chi connectivity index (χ1) is 10.2. The summed E-state index contributed by atoms with van der Waals surface area (Å²) >= 11 is 6.53. The molecule has 21 heavy (non-hydrogen) atoms. The SMILES string of the molecule is CCNC(C)c1ccc(N(CCO)C2CCCC2)c(Cl)c1. The van der Waals surface area contributed by atoms with Gasteiger partial charge in [0.05, 0.1) is 17.3 Å². The predicted octanol–water partition coefficient (Wildman–Crippen LogP) is 3.75. The molecule has 2 rings (SSSR count). The largest absolute Gasteiger partial charge is 0.395 e. The smallest absolute Gasteiger partial charge is 0.0643 e. The van der Waals surface area contributed by atoms with E-state index in [2.05, 4.69) is 42.3 Å². The van der Waals surface area contributed by atoms with Gasteiger partial charge in [-0.2, -0.15) is 0 Å². The van der Waals surface area contributed by atoms with Crippen LogP contribution in [0.15, 0.2) is 18.2 Å². The van der Waals surface area contributed by atoms with Crippen molar-refractivity contribution in [2.75, 3.05) is 24.6 Å². The van der Waals surface area contributed by atoms with Crippen LogP contribution in [0.2, 0.25) is 5.02 Å². The molecule has 1 aromatic rings. The summed E-state index contributed by atoms with van der Waals surface area (Å²) < 4.78 is 0. The summed E-state index contributed by atoms with van der Waals surface area (Å²) in [5.41, 5.74) is 2.27. The van der Waals surface area contributed by atoms with Crippen molar-refractivity contribution in [3.63, 3.8) is 0 Å². The normalized spacial score (nSPS) is 17.1. The molecule has 1 saturated carbocycles. The van der Waals surface area contributed by atoms with Crippen molar-refractivity contribution in [1.82, 2.24) is 5.32 Å². The minimum Gasteiger partial charge on any atom is -0.395 e. The molecule has 2 N–H and O–H groups in total. The van der Waals surface area contributed by atoms with E-state index >= 15 is 0 Å². The summed E-state index contributed by atoms with van der Waals surface area (Å²) in [6, 6.07) is 7.14. The Morgan fingerprint density at radius 2 is 2.10 bits per heavy atom. The van der Waals surface area contributed by atoms with Crippen LogP contribution in [0, 0.1) is 0 Å². The minimum absolute atomic E-state index is 0.169. The van der Waals surface area contributed by atoms with Gasteiger partial charge in [0.2, 0.25) is 0 Å². The number of aliphatic hydroxyl groups excluding tert-OH is 1. The molecule has 0 radical (unpaired) electrons. The molecule has 1 atom stereocenters. The molecule has 1 aliphatic carbocycles. The summed E-state index contributed by atoms with van der Waals surface area (Å²) in [5.74, 6) is 0. The lowest BCUT2D eigenvalue weighted by Crippen LogP contribution is -2.35. The van der Waals surface area contributed by atoms with Crippen LogP contribution in [0.4, 0.5) is 5.69 Å². The van der Waals surface area contributed by atoms with Crippen molar-refractivity contribution in [3.8, 4) is 0 Å². The van der Waals surface area contributed by atoms with E-state index in [0.717, 1.165) is 17.3 Å². The fourth-order valence-corrected chi connectivity index (χ4v) is 3.57. The number of rotatable bonds is 7. The van der Waals surface area contributed by atoms with Crippen LogP contribution < -0.4 is 10.2 Å². The Balaban J connectivity index is 2.20. The van der Waals surface area contributed by atoms with Crippen LogP contribution in [0.5, 0.6) is 0 Å².